The van der Waals surface area contributed by atoms with E-state index in [9.17, 15) is 18.3 Å². The Hall–Kier alpha value is -0.590. The largest absolute Gasteiger partial charge is 0.505 e. The zero-order valence-electron chi connectivity index (χ0n) is 10.1. The number of aromatic nitrogens is 1. The number of aromatic hydroxyl groups is 1. The lowest BCUT2D eigenvalue weighted by Crippen LogP contribution is -2.06. The van der Waals surface area contributed by atoms with Gasteiger partial charge in [-0.25, -0.2) is 0 Å². The summed E-state index contributed by atoms with van der Waals surface area (Å²) in [5, 5.41) is 8.72. The fourth-order valence-electron chi connectivity index (χ4n) is 1.68. The Morgan fingerprint density at radius 1 is 0.864 bits per heavy atom. The number of rotatable bonds is 1. The predicted molar refractivity (Wildman–Crippen MR) is 81.4 cm³/mol. The van der Waals surface area contributed by atoms with Gasteiger partial charge in [-0.3, -0.25) is 4.98 Å². The zero-order valence-corrected chi connectivity index (χ0v) is 13.9. The van der Waals surface area contributed by atoms with Crippen molar-refractivity contribution >= 4 is 58.0 Å². The molecule has 0 aliphatic carbocycles. The number of alkyl halides is 3. The first-order chi connectivity index (χ1) is 10.1. The number of hydrogen-bond donors (Lipinski definition) is 1. The van der Waals surface area contributed by atoms with E-state index in [-0.39, 0.29) is 30.7 Å². The molecule has 1 N–H and O–H groups in total. The molecule has 10 heteroatoms. The Bertz CT molecular complexity index is 734. The summed E-state index contributed by atoms with van der Waals surface area (Å²) in [6.45, 7) is 0. The number of nitrogens with zero attached hydrogens (tertiary/aromatic N) is 1. The van der Waals surface area contributed by atoms with Crippen LogP contribution in [0.3, 0.4) is 0 Å². The third kappa shape index (κ3) is 2.93. The van der Waals surface area contributed by atoms with Crippen molar-refractivity contribution in [3.8, 4) is 17.0 Å². The van der Waals surface area contributed by atoms with Gasteiger partial charge in [0.1, 0.15) is 11.3 Å². The van der Waals surface area contributed by atoms with Crippen molar-refractivity contribution in [1.29, 1.82) is 0 Å². The van der Waals surface area contributed by atoms with E-state index >= 15 is 0 Å². The summed E-state index contributed by atoms with van der Waals surface area (Å²) in [4.78, 5) is 3.68. The summed E-state index contributed by atoms with van der Waals surface area (Å²) in [7, 11) is 0. The highest BCUT2D eigenvalue weighted by atomic mass is 35.5. The van der Waals surface area contributed by atoms with Crippen LogP contribution in [-0.4, -0.2) is 10.1 Å². The van der Waals surface area contributed by atoms with Crippen LogP contribution in [0.2, 0.25) is 25.1 Å². The standard InChI is InChI=1S/C12H3Cl5F3NO/c13-5-4(6(14)8(16)9(17)7(5)15)10-11(22)3(1-2-21-10)12(18,19)20/h1-2,22H. The minimum absolute atomic E-state index is 0.159. The van der Waals surface area contributed by atoms with Crippen molar-refractivity contribution in [2.45, 2.75) is 6.18 Å². The van der Waals surface area contributed by atoms with Crippen LogP contribution >= 0.6 is 58.0 Å². The monoisotopic (exact) mass is 409 g/mol. The van der Waals surface area contributed by atoms with Crippen LogP contribution in [0.5, 0.6) is 5.75 Å². The predicted octanol–water partition coefficient (Wildman–Crippen LogP) is 6.74. The molecule has 2 rings (SSSR count). The summed E-state index contributed by atoms with van der Waals surface area (Å²) in [5.41, 5.74) is -2.05. The fourth-order valence-corrected chi connectivity index (χ4v) is 3.00. The van der Waals surface area contributed by atoms with Crippen LogP contribution in [-0.2, 0) is 6.18 Å². The molecule has 2 nitrogen and oxygen atoms in total. The third-order valence-electron chi connectivity index (χ3n) is 2.68. The number of halogens is 8. The van der Waals surface area contributed by atoms with Crippen LogP contribution in [0, 0.1) is 0 Å². The van der Waals surface area contributed by atoms with Crippen LogP contribution in [0.15, 0.2) is 12.3 Å². The molecular weight excluding hydrogens is 408 g/mol. The Kier molecular flexibility index (Phi) is 4.95. The minimum atomic E-state index is -4.79. The topological polar surface area (TPSA) is 33.1 Å². The molecule has 0 atom stereocenters. The highest BCUT2D eigenvalue weighted by Gasteiger charge is 2.36. The van der Waals surface area contributed by atoms with Crippen molar-refractivity contribution in [3.63, 3.8) is 0 Å². The maximum absolute atomic E-state index is 12.8. The quantitative estimate of drug-likeness (QED) is 0.416. The van der Waals surface area contributed by atoms with E-state index in [0.717, 1.165) is 6.20 Å². The van der Waals surface area contributed by atoms with Crippen molar-refractivity contribution in [3.05, 3.63) is 42.9 Å². The summed E-state index contributed by atoms with van der Waals surface area (Å²) >= 11 is 29.4. The molecule has 0 fully saturated rings. The van der Waals surface area contributed by atoms with Gasteiger partial charge in [-0.2, -0.15) is 13.2 Å². The smallest absolute Gasteiger partial charge is 0.420 e. The minimum Gasteiger partial charge on any atom is -0.505 e. The van der Waals surface area contributed by atoms with Crippen molar-refractivity contribution < 1.29 is 18.3 Å². The average molecular weight is 411 g/mol. The van der Waals surface area contributed by atoms with Gasteiger partial charge in [0, 0.05) is 11.8 Å². The second-order valence-electron chi connectivity index (χ2n) is 4.00. The highest BCUT2D eigenvalue weighted by Crippen LogP contribution is 2.50. The summed E-state index contributed by atoms with van der Waals surface area (Å²) in [6.07, 6.45) is -3.94. The highest BCUT2D eigenvalue weighted by molar-refractivity contribution is 6.56. The molecule has 0 bridgehead atoms. The van der Waals surface area contributed by atoms with Gasteiger partial charge < -0.3 is 5.11 Å². The number of hydrogen-bond acceptors (Lipinski definition) is 2. The first-order valence-electron chi connectivity index (χ1n) is 5.34. The molecule has 22 heavy (non-hydrogen) atoms. The molecule has 0 saturated heterocycles. The van der Waals surface area contributed by atoms with Gasteiger partial charge >= 0.3 is 6.18 Å². The van der Waals surface area contributed by atoms with Crippen molar-refractivity contribution in [2.75, 3.05) is 0 Å². The molecule has 118 valence electrons. The van der Waals surface area contributed by atoms with E-state index in [0.29, 0.717) is 6.07 Å². The number of benzene rings is 1. The molecule has 0 amide bonds. The molecule has 0 aliphatic rings. The van der Waals surface area contributed by atoms with Crippen LogP contribution in [0.1, 0.15) is 5.56 Å². The molecule has 1 heterocycles. The van der Waals surface area contributed by atoms with Gasteiger partial charge in [0.25, 0.3) is 0 Å². The summed E-state index contributed by atoms with van der Waals surface area (Å²) < 4.78 is 38.5. The molecule has 1 aromatic carbocycles. The van der Waals surface area contributed by atoms with Gasteiger partial charge in [0.05, 0.1) is 25.1 Å². The first-order valence-corrected chi connectivity index (χ1v) is 7.23. The lowest BCUT2D eigenvalue weighted by Gasteiger charge is -2.15. The van der Waals surface area contributed by atoms with E-state index in [2.05, 4.69) is 4.98 Å². The lowest BCUT2D eigenvalue weighted by molar-refractivity contribution is -0.138. The number of pyridine rings is 1. The van der Waals surface area contributed by atoms with Crippen LogP contribution in [0.4, 0.5) is 13.2 Å². The Morgan fingerprint density at radius 2 is 1.32 bits per heavy atom. The van der Waals surface area contributed by atoms with Crippen LogP contribution < -0.4 is 0 Å². The van der Waals surface area contributed by atoms with Gasteiger partial charge in [-0.05, 0) is 6.07 Å². The van der Waals surface area contributed by atoms with Gasteiger partial charge in [0.15, 0.2) is 5.75 Å². The maximum Gasteiger partial charge on any atom is 0.420 e. The maximum atomic E-state index is 12.8. The first kappa shape index (κ1) is 17.8. The second-order valence-corrected chi connectivity index (χ2v) is 5.89. The fraction of sp³-hybridized carbons (Fsp3) is 0.0833. The Morgan fingerprint density at radius 3 is 1.77 bits per heavy atom. The molecule has 0 aliphatic heterocycles. The Balaban J connectivity index is 2.85. The van der Waals surface area contributed by atoms with E-state index in [4.69, 9.17) is 58.0 Å². The van der Waals surface area contributed by atoms with E-state index < -0.39 is 23.2 Å². The molecule has 0 unspecified atom stereocenters. The zero-order chi connectivity index (χ0) is 16.8. The molecule has 0 radical (unpaired) electrons. The second kappa shape index (κ2) is 6.13. The van der Waals surface area contributed by atoms with Gasteiger partial charge in [0.2, 0.25) is 0 Å². The summed E-state index contributed by atoms with van der Waals surface area (Å²) in [5.74, 6) is -1.15. The molecule has 0 spiro atoms. The van der Waals surface area contributed by atoms with E-state index in [1.165, 1.54) is 0 Å². The molecule has 1 aromatic heterocycles. The van der Waals surface area contributed by atoms with Crippen LogP contribution in [0.25, 0.3) is 11.3 Å². The molecular formula is C12H3Cl5F3NO. The third-order valence-corrected chi connectivity index (χ3v) is 4.95. The SMILES string of the molecule is Oc1c(C(F)(F)F)ccnc1-c1c(Cl)c(Cl)c(Cl)c(Cl)c1Cl. The van der Waals surface area contributed by atoms with Gasteiger partial charge in [-0.1, -0.05) is 58.0 Å². The lowest BCUT2D eigenvalue weighted by atomic mass is 10.1. The normalized spacial score (nSPS) is 11.8. The van der Waals surface area contributed by atoms with Gasteiger partial charge in [-0.15, -0.1) is 0 Å². The Labute approximate surface area is 147 Å². The molecule has 0 saturated carbocycles. The van der Waals surface area contributed by atoms with E-state index in [1.807, 2.05) is 0 Å². The molecule has 2 aromatic rings. The summed E-state index contributed by atoms with van der Waals surface area (Å²) in [6, 6.07) is 0.611. The van der Waals surface area contributed by atoms with Crippen molar-refractivity contribution in [1.82, 2.24) is 4.98 Å². The van der Waals surface area contributed by atoms with E-state index in [1.54, 1.807) is 0 Å². The van der Waals surface area contributed by atoms with Crippen molar-refractivity contribution in [2.24, 2.45) is 0 Å². The average Bonchev–Trinajstić information content (AvgIpc) is 2.43.